The van der Waals surface area contributed by atoms with E-state index in [1.54, 1.807) is 0 Å². The second kappa shape index (κ2) is 12.1. The molecule has 36 heavy (non-hydrogen) atoms. The minimum atomic E-state index is -5.08. The highest BCUT2D eigenvalue weighted by Gasteiger charge is 2.38. The van der Waals surface area contributed by atoms with Gasteiger partial charge in [-0.15, -0.1) is 0 Å². The molecule has 0 radical (unpaired) electrons. The third kappa shape index (κ3) is 8.44. The Hall–Kier alpha value is -3.27. The number of pyridine rings is 1. The van der Waals surface area contributed by atoms with Crippen LogP contribution in [-0.4, -0.2) is 74.2 Å². The lowest BCUT2D eigenvalue weighted by Crippen LogP contribution is -2.24. The van der Waals surface area contributed by atoms with Crippen LogP contribution < -0.4 is 5.32 Å². The van der Waals surface area contributed by atoms with Gasteiger partial charge in [-0.05, 0) is 56.9 Å². The number of carbonyl (C=O) groups is 2. The molecule has 3 N–H and O–H groups in total. The van der Waals surface area contributed by atoms with Crippen molar-refractivity contribution in [1.29, 1.82) is 0 Å². The Labute approximate surface area is 200 Å². The molecule has 0 bridgehead atoms. The summed E-state index contributed by atoms with van der Waals surface area (Å²) in [6, 6.07) is 0. The fourth-order valence-electron chi connectivity index (χ4n) is 3.42. The molecule has 2 aliphatic rings. The summed E-state index contributed by atoms with van der Waals surface area (Å²) in [5.74, 6) is -4.11. The van der Waals surface area contributed by atoms with E-state index >= 15 is 0 Å². The minimum absolute atomic E-state index is 0.693. The van der Waals surface area contributed by atoms with Crippen LogP contribution in [0.4, 0.5) is 26.3 Å². The highest BCUT2D eigenvalue weighted by molar-refractivity contribution is 5.73. The molecule has 0 amide bonds. The van der Waals surface area contributed by atoms with Crippen LogP contribution in [0.1, 0.15) is 35.6 Å². The maximum Gasteiger partial charge on any atom is 0.490 e. The third-order valence-electron chi connectivity index (χ3n) is 5.07. The monoisotopic (exact) mass is 527 g/mol. The fraction of sp³-hybridized carbons (Fsp3) is 0.550. The standard InChI is InChI=1S/C16H21N5O.2C2HF3O2/c1-11-15(13-4-5-17-8-12(13)9-18-11)16-19-14(22-20-16)10-21-6-2-3-7-21;2*3-2(4,5)1(6)7/h9,17H,2-8,10H2,1H3;2*(H,6,7). The Balaban J connectivity index is 0.000000271. The predicted octanol–water partition coefficient (Wildman–Crippen LogP) is 2.95. The molecule has 0 saturated carbocycles. The quantitative estimate of drug-likeness (QED) is 0.510. The molecule has 0 aliphatic carbocycles. The van der Waals surface area contributed by atoms with Gasteiger partial charge in [0.2, 0.25) is 11.7 Å². The second-order valence-electron chi connectivity index (χ2n) is 7.75. The lowest BCUT2D eigenvalue weighted by atomic mass is 9.95. The van der Waals surface area contributed by atoms with Gasteiger partial charge >= 0.3 is 24.3 Å². The number of carboxylic acid groups (broad SMARTS) is 2. The second-order valence-corrected chi connectivity index (χ2v) is 7.75. The molecule has 0 aromatic carbocycles. The van der Waals surface area contributed by atoms with E-state index in [0.29, 0.717) is 11.7 Å². The van der Waals surface area contributed by atoms with Crippen molar-refractivity contribution in [2.75, 3.05) is 19.6 Å². The molecule has 0 atom stereocenters. The molecular weight excluding hydrogens is 504 g/mol. The third-order valence-corrected chi connectivity index (χ3v) is 5.07. The van der Waals surface area contributed by atoms with Gasteiger partial charge < -0.3 is 20.1 Å². The van der Waals surface area contributed by atoms with Crippen molar-refractivity contribution in [2.45, 2.75) is 51.6 Å². The SMILES string of the molecule is Cc1ncc2c(c1-c1noc(CN3CCCC3)n1)CCNC2.O=C(O)C(F)(F)F.O=C(O)C(F)(F)F. The number of nitrogens with one attached hydrogen (secondary N) is 1. The maximum absolute atomic E-state index is 10.6. The van der Waals surface area contributed by atoms with E-state index in [9.17, 15) is 26.3 Å². The smallest absolute Gasteiger partial charge is 0.475 e. The van der Waals surface area contributed by atoms with Crippen LogP contribution in [0.5, 0.6) is 0 Å². The number of aliphatic carboxylic acids is 2. The van der Waals surface area contributed by atoms with Crippen LogP contribution in [-0.2, 0) is 29.1 Å². The van der Waals surface area contributed by atoms with Gasteiger partial charge in [0.15, 0.2) is 0 Å². The van der Waals surface area contributed by atoms with Crippen LogP contribution in [0.25, 0.3) is 11.4 Å². The number of halogens is 6. The van der Waals surface area contributed by atoms with Crippen molar-refractivity contribution in [3.05, 3.63) is 28.9 Å². The van der Waals surface area contributed by atoms with E-state index in [1.165, 1.54) is 24.0 Å². The summed E-state index contributed by atoms with van der Waals surface area (Å²) in [5.41, 5.74) is 4.61. The first kappa shape index (κ1) is 29.0. The van der Waals surface area contributed by atoms with Crippen LogP contribution in [0.15, 0.2) is 10.7 Å². The van der Waals surface area contributed by atoms with Crippen molar-refractivity contribution in [2.24, 2.45) is 0 Å². The van der Waals surface area contributed by atoms with Crippen LogP contribution in [0, 0.1) is 6.92 Å². The van der Waals surface area contributed by atoms with Gasteiger partial charge in [0.25, 0.3) is 0 Å². The number of aryl methyl sites for hydroxylation is 1. The zero-order valence-electron chi connectivity index (χ0n) is 18.9. The highest BCUT2D eigenvalue weighted by atomic mass is 19.4. The van der Waals surface area contributed by atoms with Gasteiger partial charge in [0.05, 0.1) is 6.54 Å². The number of carboxylic acids is 2. The molecule has 1 fully saturated rings. The topological polar surface area (TPSA) is 142 Å². The average Bonchev–Trinajstić information content (AvgIpc) is 3.46. The molecule has 2 aromatic heterocycles. The number of likely N-dealkylation sites (tertiary alicyclic amines) is 1. The Morgan fingerprint density at radius 2 is 1.64 bits per heavy atom. The predicted molar refractivity (Wildman–Crippen MR) is 110 cm³/mol. The number of hydrogen-bond donors (Lipinski definition) is 3. The lowest BCUT2D eigenvalue weighted by Gasteiger charge is -2.19. The summed E-state index contributed by atoms with van der Waals surface area (Å²) in [4.78, 5) is 29.3. The Kier molecular flexibility index (Phi) is 9.75. The van der Waals surface area contributed by atoms with Crippen molar-refractivity contribution < 1.29 is 50.7 Å². The zero-order chi connectivity index (χ0) is 27.1. The van der Waals surface area contributed by atoms with Crippen molar-refractivity contribution in [3.63, 3.8) is 0 Å². The molecule has 2 aliphatic heterocycles. The van der Waals surface area contributed by atoms with Gasteiger partial charge in [-0.25, -0.2) is 9.59 Å². The van der Waals surface area contributed by atoms with E-state index in [0.717, 1.165) is 50.4 Å². The Bertz CT molecular complexity index is 1030. The maximum atomic E-state index is 10.6. The largest absolute Gasteiger partial charge is 0.490 e. The summed E-state index contributed by atoms with van der Waals surface area (Å²) >= 11 is 0. The molecule has 0 spiro atoms. The molecule has 1 saturated heterocycles. The van der Waals surface area contributed by atoms with E-state index in [2.05, 4.69) is 25.3 Å². The molecular formula is C20H23F6N5O5. The first-order valence-corrected chi connectivity index (χ1v) is 10.5. The Morgan fingerprint density at radius 3 is 2.17 bits per heavy atom. The molecule has 2 aromatic rings. The molecule has 4 rings (SSSR count). The number of alkyl halides is 6. The normalized spacial score (nSPS) is 15.8. The number of hydrogen-bond acceptors (Lipinski definition) is 8. The van der Waals surface area contributed by atoms with Gasteiger partial charge in [0, 0.05) is 24.0 Å². The summed E-state index contributed by atoms with van der Waals surface area (Å²) in [5, 5.41) is 21.9. The van der Waals surface area contributed by atoms with E-state index in [4.69, 9.17) is 24.3 Å². The number of fused-ring (bicyclic) bond motifs is 1. The molecule has 0 unspecified atom stereocenters. The molecule has 200 valence electrons. The van der Waals surface area contributed by atoms with Crippen molar-refractivity contribution >= 4 is 11.9 Å². The fourth-order valence-corrected chi connectivity index (χ4v) is 3.42. The zero-order valence-corrected chi connectivity index (χ0v) is 18.9. The number of rotatable bonds is 3. The van der Waals surface area contributed by atoms with Crippen molar-refractivity contribution in [3.8, 4) is 11.4 Å². The van der Waals surface area contributed by atoms with Crippen LogP contribution in [0.3, 0.4) is 0 Å². The van der Waals surface area contributed by atoms with Gasteiger partial charge in [0.1, 0.15) is 0 Å². The number of nitrogens with zero attached hydrogens (tertiary/aromatic N) is 4. The first-order valence-electron chi connectivity index (χ1n) is 10.5. The van der Waals surface area contributed by atoms with E-state index < -0.39 is 24.3 Å². The Morgan fingerprint density at radius 1 is 1.08 bits per heavy atom. The van der Waals surface area contributed by atoms with Gasteiger partial charge in [-0.2, -0.15) is 31.3 Å². The van der Waals surface area contributed by atoms with E-state index in [1.807, 2.05) is 13.1 Å². The van der Waals surface area contributed by atoms with Crippen LogP contribution in [0.2, 0.25) is 0 Å². The summed E-state index contributed by atoms with van der Waals surface area (Å²) < 4.78 is 69.0. The first-order chi connectivity index (χ1) is 16.7. The van der Waals surface area contributed by atoms with Crippen molar-refractivity contribution in [1.82, 2.24) is 25.3 Å². The minimum Gasteiger partial charge on any atom is -0.475 e. The molecule has 10 nitrogen and oxygen atoms in total. The summed E-state index contributed by atoms with van der Waals surface area (Å²) in [7, 11) is 0. The highest BCUT2D eigenvalue weighted by Crippen LogP contribution is 2.28. The van der Waals surface area contributed by atoms with Crippen LogP contribution >= 0.6 is 0 Å². The van der Waals surface area contributed by atoms with E-state index in [-0.39, 0.29) is 0 Å². The summed E-state index contributed by atoms with van der Waals surface area (Å²) in [6.45, 7) is 6.90. The summed E-state index contributed by atoms with van der Waals surface area (Å²) in [6.07, 6.45) is -4.68. The molecule has 16 heteroatoms. The molecule has 4 heterocycles. The van der Waals surface area contributed by atoms with Gasteiger partial charge in [-0.3, -0.25) is 9.88 Å². The number of aromatic nitrogens is 3. The average molecular weight is 527 g/mol. The lowest BCUT2D eigenvalue weighted by molar-refractivity contribution is -0.193. The van der Waals surface area contributed by atoms with Gasteiger partial charge in [-0.1, -0.05) is 5.16 Å².